The number of benzene rings is 1. The van der Waals surface area contributed by atoms with Gasteiger partial charge in [0.05, 0.1) is 11.6 Å². The van der Waals surface area contributed by atoms with Crippen LogP contribution in [0.1, 0.15) is 38.1 Å². The lowest BCUT2D eigenvalue weighted by Crippen LogP contribution is -2.67. The van der Waals surface area contributed by atoms with Crippen LogP contribution in [0, 0.1) is 0 Å². The van der Waals surface area contributed by atoms with E-state index in [1.807, 2.05) is 0 Å². The SMILES string of the molecule is CC(=O)OCC1O[C@@H](COC(C)=O)C(NC(=O)c2ccccc2O)[C@@H](OC(C)=O)[C@H]1OC(C)=O. The Labute approximate surface area is 195 Å². The number of phenols is 1. The van der Waals surface area contributed by atoms with Crippen LogP contribution in [0.15, 0.2) is 24.3 Å². The summed E-state index contributed by atoms with van der Waals surface area (Å²) >= 11 is 0. The molecule has 34 heavy (non-hydrogen) atoms. The van der Waals surface area contributed by atoms with Crippen molar-refractivity contribution in [1.82, 2.24) is 5.32 Å². The molecular weight excluding hydrogens is 454 g/mol. The smallest absolute Gasteiger partial charge is 0.303 e. The van der Waals surface area contributed by atoms with E-state index >= 15 is 0 Å². The molecule has 1 aliphatic heterocycles. The maximum atomic E-state index is 12.9. The predicted octanol–water partition coefficient (Wildman–Crippen LogP) is 0.248. The molecule has 1 aliphatic rings. The Bertz CT molecular complexity index is 931. The molecule has 0 bridgehead atoms. The molecule has 1 heterocycles. The van der Waals surface area contributed by atoms with Crippen LogP contribution >= 0.6 is 0 Å². The Hall–Kier alpha value is -3.67. The summed E-state index contributed by atoms with van der Waals surface area (Å²) in [6, 6.07) is 4.54. The lowest BCUT2D eigenvalue weighted by molar-refractivity contribution is -0.228. The van der Waals surface area contributed by atoms with Crippen molar-refractivity contribution in [2.75, 3.05) is 13.2 Å². The third-order valence-corrected chi connectivity index (χ3v) is 4.75. The summed E-state index contributed by atoms with van der Waals surface area (Å²) < 4.78 is 26.7. The zero-order valence-corrected chi connectivity index (χ0v) is 19.1. The Morgan fingerprint density at radius 1 is 0.824 bits per heavy atom. The Morgan fingerprint density at radius 3 is 1.88 bits per heavy atom. The van der Waals surface area contributed by atoms with E-state index < -0.39 is 60.2 Å². The van der Waals surface area contributed by atoms with Crippen LogP contribution in [0.4, 0.5) is 0 Å². The van der Waals surface area contributed by atoms with Crippen molar-refractivity contribution in [3.05, 3.63) is 29.8 Å². The molecule has 12 nitrogen and oxygen atoms in total. The summed E-state index contributed by atoms with van der Waals surface area (Å²) in [4.78, 5) is 59.4. The first-order chi connectivity index (χ1) is 16.0. The minimum Gasteiger partial charge on any atom is -0.507 e. The van der Waals surface area contributed by atoms with E-state index in [1.165, 1.54) is 38.1 Å². The molecule has 0 aliphatic carbocycles. The van der Waals surface area contributed by atoms with Crippen LogP contribution in [0.5, 0.6) is 5.75 Å². The monoisotopic (exact) mass is 481 g/mol. The van der Waals surface area contributed by atoms with E-state index in [2.05, 4.69) is 5.32 Å². The zero-order valence-electron chi connectivity index (χ0n) is 19.1. The summed E-state index contributed by atoms with van der Waals surface area (Å²) in [5.74, 6) is -3.85. The molecular formula is C22H27NO11. The quantitative estimate of drug-likeness (QED) is 0.386. The summed E-state index contributed by atoms with van der Waals surface area (Å²) in [6.07, 6.45) is -4.82. The van der Waals surface area contributed by atoms with Gasteiger partial charge in [0.15, 0.2) is 12.2 Å². The number of phenolic OH excluding ortho intramolecular Hbond substituents is 1. The third-order valence-electron chi connectivity index (χ3n) is 4.75. The van der Waals surface area contributed by atoms with Gasteiger partial charge in [-0.1, -0.05) is 12.1 Å². The van der Waals surface area contributed by atoms with E-state index in [0.717, 1.165) is 13.8 Å². The fourth-order valence-electron chi connectivity index (χ4n) is 3.43. The lowest BCUT2D eigenvalue weighted by Gasteiger charge is -2.45. The number of para-hydroxylation sites is 1. The minimum absolute atomic E-state index is 0.0821. The summed E-state index contributed by atoms with van der Waals surface area (Å²) in [5.41, 5.74) is -0.0821. The van der Waals surface area contributed by atoms with Crippen molar-refractivity contribution in [3.8, 4) is 5.75 Å². The van der Waals surface area contributed by atoms with Crippen LogP contribution < -0.4 is 5.32 Å². The van der Waals surface area contributed by atoms with Crippen molar-refractivity contribution in [2.45, 2.75) is 58.2 Å². The van der Waals surface area contributed by atoms with Gasteiger partial charge in [0.1, 0.15) is 31.2 Å². The van der Waals surface area contributed by atoms with Crippen LogP contribution in [0.25, 0.3) is 0 Å². The molecule has 1 aromatic rings. The molecule has 12 heteroatoms. The van der Waals surface area contributed by atoms with Crippen molar-refractivity contribution < 1.29 is 52.8 Å². The van der Waals surface area contributed by atoms with Gasteiger partial charge in [0.2, 0.25) is 0 Å². The van der Waals surface area contributed by atoms with Crippen LogP contribution in [0.2, 0.25) is 0 Å². The molecule has 0 saturated carbocycles. The highest BCUT2D eigenvalue weighted by atomic mass is 16.6. The first kappa shape index (κ1) is 26.6. The summed E-state index contributed by atoms with van der Waals surface area (Å²) in [7, 11) is 0. The lowest BCUT2D eigenvalue weighted by atomic mass is 9.92. The second kappa shape index (κ2) is 12.0. The largest absolute Gasteiger partial charge is 0.507 e. The molecule has 1 saturated heterocycles. The van der Waals surface area contributed by atoms with Gasteiger partial charge in [-0.3, -0.25) is 24.0 Å². The van der Waals surface area contributed by atoms with Gasteiger partial charge in [-0.2, -0.15) is 0 Å². The Morgan fingerprint density at radius 2 is 1.35 bits per heavy atom. The number of hydrogen-bond donors (Lipinski definition) is 2. The van der Waals surface area contributed by atoms with Gasteiger partial charge >= 0.3 is 23.9 Å². The Balaban J connectivity index is 2.46. The molecule has 0 radical (unpaired) electrons. The van der Waals surface area contributed by atoms with E-state index in [1.54, 1.807) is 0 Å². The van der Waals surface area contributed by atoms with Crippen LogP contribution in [-0.2, 0) is 42.9 Å². The van der Waals surface area contributed by atoms with Gasteiger partial charge < -0.3 is 34.1 Å². The summed E-state index contributed by atoms with van der Waals surface area (Å²) in [5, 5.41) is 12.6. The first-order valence-corrected chi connectivity index (χ1v) is 10.3. The number of carbonyl (C=O) groups is 5. The van der Waals surface area contributed by atoms with Gasteiger partial charge in [0, 0.05) is 27.7 Å². The third kappa shape index (κ3) is 7.44. The van der Waals surface area contributed by atoms with Gasteiger partial charge in [0.25, 0.3) is 5.91 Å². The normalized spacial score (nSPS) is 23.8. The van der Waals surface area contributed by atoms with E-state index in [-0.39, 0.29) is 24.5 Å². The van der Waals surface area contributed by atoms with Crippen LogP contribution in [-0.4, -0.2) is 78.6 Å². The predicted molar refractivity (Wildman–Crippen MR) is 112 cm³/mol. The topological polar surface area (TPSA) is 164 Å². The second-order valence-corrected chi connectivity index (χ2v) is 7.48. The fourth-order valence-corrected chi connectivity index (χ4v) is 3.43. The average Bonchev–Trinajstić information content (AvgIpc) is 2.73. The van der Waals surface area contributed by atoms with E-state index in [0.29, 0.717) is 0 Å². The first-order valence-electron chi connectivity index (χ1n) is 10.3. The molecule has 0 aromatic heterocycles. The zero-order chi connectivity index (χ0) is 25.4. The van der Waals surface area contributed by atoms with E-state index in [4.69, 9.17) is 23.7 Å². The maximum Gasteiger partial charge on any atom is 0.303 e. The number of amides is 1. The molecule has 2 unspecified atom stereocenters. The van der Waals surface area contributed by atoms with Crippen molar-refractivity contribution >= 4 is 29.8 Å². The number of aromatic hydroxyl groups is 1. The highest BCUT2D eigenvalue weighted by Gasteiger charge is 2.51. The second-order valence-electron chi connectivity index (χ2n) is 7.48. The minimum atomic E-state index is -1.31. The molecule has 2 N–H and O–H groups in total. The molecule has 5 atom stereocenters. The highest BCUT2D eigenvalue weighted by Crippen LogP contribution is 2.28. The molecule has 186 valence electrons. The van der Waals surface area contributed by atoms with Crippen molar-refractivity contribution in [3.63, 3.8) is 0 Å². The van der Waals surface area contributed by atoms with Crippen molar-refractivity contribution in [1.29, 1.82) is 0 Å². The Kier molecular flexibility index (Phi) is 9.36. The fraction of sp³-hybridized carbons (Fsp3) is 0.500. The molecule has 1 aromatic carbocycles. The number of esters is 4. The molecule has 1 fully saturated rings. The number of carbonyl (C=O) groups excluding carboxylic acids is 5. The van der Waals surface area contributed by atoms with Gasteiger partial charge in [-0.05, 0) is 12.1 Å². The molecule has 0 spiro atoms. The number of ether oxygens (including phenoxy) is 5. The number of hydrogen-bond acceptors (Lipinski definition) is 11. The van der Waals surface area contributed by atoms with Crippen molar-refractivity contribution in [2.24, 2.45) is 0 Å². The van der Waals surface area contributed by atoms with Gasteiger partial charge in [-0.15, -0.1) is 0 Å². The van der Waals surface area contributed by atoms with Crippen LogP contribution in [0.3, 0.4) is 0 Å². The van der Waals surface area contributed by atoms with E-state index in [9.17, 15) is 29.1 Å². The maximum absolute atomic E-state index is 12.9. The van der Waals surface area contributed by atoms with Gasteiger partial charge in [-0.25, -0.2) is 0 Å². The average molecular weight is 481 g/mol. The highest BCUT2D eigenvalue weighted by molar-refractivity contribution is 5.97. The number of nitrogens with one attached hydrogen (secondary N) is 1. The standard InChI is InChI=1S/C22H27NO11/c1-11(24)30-9-17-19(23-22(29)15-7-5-6-8-16(15)28)21(33-14(4)27)20(32-13(3)26)18(34-17)10-31-12(2)25/h5-8,17-21,28H,9-10H2,1-4H3,(H,23,29)/t17-,18?,19?,20-,21+/m0/s1. The molecule has 2 rings (SSSR count). The number of rotatable bonds is 8. The summed E-state index contributed by atoms with van der Waals surface area (Å²) in [6.45, 7) is 3.82. The molecule has 1 amide bonds.